The average molecular weight is 211 g/mol. The summed E-state index contributed by atoms with van der Waals surface area (Å²) in [5, 5.41) is 0. The summed E-state index contributed by atoms with van der Waals surface area (Å²) in [6.07, 6.45) is 1.12. The summed E-state index contributed by atoms with van der Waals surface area (Å²) in [7, 11) is 0. The number of aryl methyl sites for hydroxylation is 1. The molecule has 1 nitrogen and oxygen atoms in total. The minimum absolute atomic E-state index is 0.209. The van der Waals surface area contributed by atoms with Crippen LogP contribution in [0.25, 0.3) is 0 Å². The maximum atomic E-state index is 6.22. The molecule has 0 aliphatic heterocycles. The molecule has 80 valence electrons. The van der Waals surface area contributed by atoms with Gasteiger partial charge in [-0.3, -0.25) is 0 Å². The number of thiophene rings is 1. The fraction of sp³-hybridized carbons (Fsp3) is 0.667. The Kier molecular flexibility index (Phi) is 4.14. The summed E-state index contributed by atoms with van der Waals surface area (Å²) < 4.78 is 0. The number of hydrogen-bond donors (Lipinski definition) is 1. The van der Waals surface area contributed by atoms with Crippen molar-refractivity contribution in [2.75, 3.05) is 0 Å². The van der Waals surface area contributed by atoms with Gasteiger partial charge >= 0.3 is 0 Å². The van der Waals surface area contributed by atoms with Crippen LogP contribution in [-0.2, 0) is 6.42 Å². The number of nitrogens with two attached hydrogens (primary N) is 1. The van der Waals surface area contributed by atoms with E-state index in [1.165, 1.54) is 9.75 Å². The monoisotopic (exact) mass is 211 g/mol. The van der Waals surface area contributed by atoms with Crippen molar-refractivity contribution < 1.29 is 0 Å². The van der Waals surface area contributed by atoms with Gasteiger partial charge < -0.3 is 5.73 Å². The fourth-order valence-electron chi connectivity index (χ4n) is 1.44. The SMILES string of the molecule is CCc1ccc(C(N)C(C)C(C)C)s1. The van der Waals surface area contributed by atoms with E-state index in [0.717, 1.165) is 6.42 Å². The van der Waals surface area contributed by atoms with Crippen LogP contribution in [0.4, 0.5) is 0 Å². The molecule has 1 aromatic rings. The number of hydrogen-bond acceptors (Lipinski definition) is 2. The molecule has 0 aromatic carbocycles. The van der Waals surface area contributed by atoms with Gasteiger partial charge in [-0.25, -0.2) is 0 Å². The molecule has 2 N–H and O–H groups in total. The summed E-state index contributed by atoms with van der Waals surface area (Å²) in [5.74, 6) is 1.20. The van der Waals surface area contributed by atoms with Crippen LogP contribution in [0, 0.1) is 11.8 Å². The Labute approximate surface area is 91.3 Å². The molecule has 1 heterocycles. The van der Waals surface area contributed by atoms with Gasteiger partial charge in [-0.15, -0.1) is 11.3 Å². The molecule has 2 atom stereocenters. The van der Waals surface area contributed by atoms with Gasteiger partial charge in [0.25, 0.3) is 0 Å². The van der Waals surface area contributed by atoms with Gasteiger partial charge in [0, 0.05) is 15.8 Å². The molecule has 2 unspecified atom stereocenters. The van der Waals surface area contributed by atoms with E-state index < -0.39 is 0 Å². The van der Waals surface area contributed by atoms with Gasteiger partial charge in [0.15, 0.2) is 0 Å². The van der Waals surface area contributed by atoms with Crippen molar-refractivity contribution in [2.45, 2.75) is 40.2 Å². The lowest BCUT2D eigenvalue weighted by atomic mass is 9.90. The van der Waals surface area contributed by atoms with Crippen LogP contribution in [-0.4, -0.2) is 0 Å². The van der Waals surface area contributed by atoms with E-state index in [4.69, 9.17) is 5.73 Å². The van der Waals surface area contributed by atoms with E-state index in [-0.39, 0.29) is 6.04 Å². The molecule has 0 amide bonds. The van der Waals surface area contributed by atoms with Crippen LogP contribution in [0.1, 0.15) is 43.5 Å². The molecular formula is C12H21NS. The van der Waals surface area contributed by atoms with Crippen LogP contribution in [0.5, 0.6) is 0 Å². The molecule has 0 aliphatic rings. The highest BCUT2D eigenvalue weighted by Crippen LogP contribution is 2.30. The van der Waals surface area contributed by atoms with E-state index in [0.29, 0.717) is 11.8 Å². The molecule has 0 bridgehead atoms. The highest BCUT2D eigenvalue weighted by atomic mass is 32.1. The van der Waals surface area contributed by atoms with Crippen LogP contribution < -0.4 is 5.73 Å². The third kappa shape index (κ3) is 2.58. The van der Waals surface area contributed by atoms with Gasteiger partial charge in [0.1, 0.15) is 0 Å². The summed E-state index contributed by atoms with van der Waals surface area (Å²) in [6.45, 7) is 8.89. The van der Waals surface area contributed by atoms with Crippen LogP contribution >= 0.6 is 11.3 Å². The zero-order valence-corrected chi connectivity index (χ0v) is 10.4. The van der Waals surface area contributed by atoms with Crippen LogP contribution in [0.15, 0.2) is 12.1 Å². The predicted octanol–water partition coefficient (Wildman–Crippen LogP) is 3.60. The normalized spacial score (nSPS) is 15.9. The molecule has 0 spiro atoms. The zero-order valence-electron chi connectivity index (χ0n) is 9.58. The minimum atomic E-state index is 0.209. The van der Waals surface area contributed by atoms with Gasteiger partial charge in [-0.2, -0.15) is 0 Å². The Bertz CT molecular complexity index is 278. The average Bonchev–Trinajstić information content (AvgIpc) is 2.63. The Morgan fingerprint density at radius 2 is 1.93 bits per heavy atom. The lowest BCUT2D eigenvalue weighted by molar-refractivity contribution is 0.355. The van der Waals surface area contributed by atoms with Crippen molar-refractivity contribution in [3.63, 3.8) is 0 Å². The van der Waals surface area contributed by atoms with Crippen LogP contribution in [0.3, 0.4) is 0 Å². The standard InChI is InChI=1S/C12H21NS/c1-5-10-6-7-11(14-10)12(13)9(4)8(2)3/h6-9,12H,5,13H2,1-4H3. The van der Waals surface area contributed by atoms with E-state index >= 15 is 0 Å². The second kappa shape index (κ2) is 4.94. The molecule has 0 saturated carbocycles. The fourth-order valence-corrected chi connectivity index (χ4v) is 2.51. The Morgan fingerprint density at radius 1 is 1.29 bits per heavy atom. The van der Waals surface area contributed by atoms with Gasteiger partial charge in [-0.05, 0) is 30.4 Å². The molecule has 2 heteroatoms. The summed E-state index contributed by atoms with van der Waals surface area (Å²) >= 11 is 1.86. The van der Waals surface area contributed by atoms with E-state index in [9.17, 15) is 0 Å². The van der Waals surface area contributed by atoms with Gasteiger partial charge in [0.2, 0.25) is 0 Å². The highest BCUT2D eigenvalue weighted by molar-refractivity contribution is 7.12. The molecule has 0 aliphatic carbocycles. The smallest absolute Gasteiger partial charge is 0.0418 e. The maximum absolute atomic E-state index is 6.22. The maximum Gasteiger partial charge on any atom is 0.0418 e. The third-order valence-electron chi connectivity index (χ3n) is 2.98. The van der Waals surface area contributed by atoms with Crippen molar-refractivity contribution >= 4 is 11.3 Å². The lowest BCUT2D eigenvalue weighted by Gasteiger charge is -2.22. The molecule has 0 radical (unpaired) electrons. The van der Waals surface area contributed by atoms with Gasteiger partial charge in [-0.1, -0.05) is 27.7 Å². The molecule has 14 heavy (non-hydrogen) atoms. The van der Waals surface area contributed by atoms with Crippen molar-refractivity contribution in [3.8, 4) is 0 Å². The first-order chi connectivity index (χ1) is 6.56. The zero-order chi connectivity index (χ0) is 10.7. The van der Waals surface area contributed by atoms with Crippen molar-refractivity contribution in [1.29, 1.82) is 0 Å². The van der Waals surface area contributed by atoms with E-state index in [2.05, 4.69) is 39.8 Å². The van der Waals surface area contributed by atoms with E-state index in [1.54, 1.807) is 0 Å². The predicted molar refractivity (Wildman–Crippen MR) is 64.6 cm³/mol. The summed E-state index contributed by atoms with van der Waals surface area (Å²) in [4.78, 5) is 2.77. The van der Waals surface area contributed by atoms with Crippen molar-refractivity contribution in [1.82, 2.24) is 0 Å². The molecular weight excluding hydrogens is 190 g/mol. The van der Waals surface area contributed by atoms with Crippen molar-refractivity contribution in [2.24, 2.45) is 17.6 Å². The first-order valence-electron chi connectivity index (χ1n) is 5.40. The molecule has 1 aromatic heterocycles. The Hall–Kier alpha value is -0.340. The number of rotatable bonds is 4. The van der Waals surface area contributed by atoms with Crippen molar-refractivity contribution in [3.05, 3.63) is 21.9 Å². The van der Waals surface area contributed by atoms with E-state index in [1.807, 2.05) is 11.3 Å². The molecule has 0 fully saturated rings. The summed E-state index contributed by atoms with van der Waals surface area (Å²) in [6, 6.07) is 4.60. The Morgan fingerprint density at radius 3 is 2.36 bits per heavy atom. The summed E-state index contributed by atoms with van der Waals surface area (Å²) in [5.41, 5.74) is 6.22. The second-order valence-electron chi connectivity index (χ2n) is 4.29. The lowest BCUT2D eigenvalue weighted by Crippen LogP contribution is -2.22. The molecule has 0 saturated heterocycles. The minimum Gasteiger partial charge on any atom is -0.323 e. The first-order valence-corrected chi connectivity index (χ1v) is 6.22. The van der Waals surface area contributed by atoms with Gasteiger partial charge in [0.05, 0.1) is 0 Å². The third-order valence-corrected chi connectivity index (χ3v) is 4.31. The topological polar surface area (TPSA) is 26.0 Å². The Balaban J connectivity index is 2.73. The quantitative estimate of drug-likeness (QED) is 0.809. The highest BCUT2D eigenvalue weighted by Gasteiger charge is 2.19. The van der Waals surface area contributed by atoms with Crippen LogP contribution in [0.2, 0.25) is 0 Å². The largest absolute Gasteiger partial charge is 0.323 e. The first kappa shape index (κ1) is 11.7. The molecule has 1 rings (SSSR count). The second-order valence-corrected chi connectivity index (χ2v) is 5.49.